The molecule has 0 amide bonds. The van der Waals surface area contributed by atoms with Gasteiger partial charge in [0.05, 0.1) is 16.3 Å². The van der Waals surface area contributed by atoms with Crippen LogP contribution >= 0.6 is 34.3 Å². The normalized spacial score (nSPS) is 20.9. The third-order valence-electron chi connectivity index (χ3n) is 4.06. The number of nitrogens with zero attached hydrogens (tertiary/aromatic N) is 1. The molecule has 0 bridgehead atoms. The Labute approximate surface area is 143 Å². The maximum atomic E-state index is 11.4. The number of carboxylic acids is 1. The number of hydrogen-bond acceptors (Lipinski definition) is 4. The fourth-order valence-corrected chi connectivity index (χ4v) is 5.34. The van der Waals surface area contributed by atoms with Gasteiger partial charge < -0.3 is 5.11 Å². The molecule has 0 spiro atoms. The molecule has 3 rings (SSSR count). The smallest absolute Gasteiger partial charge is 0.307 e. The van der Waals surface area contributed by atoms with Crippen LogP contribution in [-0.4, -0.2) is 29.1 Å². The SMILES string of the molecule is Cc1ccc(C(c2ccc(Cl)s2)N2CCCC(C(=O)O)C2)s1. The van der Waals surface area contributed by atoms with E-state index in [1.165, 1.54) is 14.6 Å². The Kier molecular flexibility index (Phi) is 4.88. The lowest BCUT2D eigenvalue weighted by atomic mass is 9.96. The number of rotatable bonds is 4. The van der Waals surface area contributed by atoms with E-state index in [1.54, 1.807) is 22.7 Å². The lowest BCUT2D eigenvalue weighted by molar-refractivity contribution is -0.143. The summed E-state index contributed by atoms with van der Waals surface area (Å²) < 4.78 is 0.778. The van der Waals surface area contributed by atoms with E-state index in [0.717, 1.165) is 23.7 Å². The lowest BCUT2D eigenvalue weighted by Gasteiger charge is -2.36. The van der Waals surface area contributed by atoms with Gasteiger partial charge in [0.2, 0.25) is 0 Å². The van der Waals surface area contributed by atoms with Crippen molar-refractivity contribution in [1.82, 2.24) is 4.90 Å². The van der Waals surface area contributed by atoms with E-state index in [0.29, 0.717) is 6.54 Å². The third-order valence-corrected chi connectivity index (χ3v) is 6.40. The number of piperidine rings is 1. The van der Waals surface area contributed by atoms with Crippen molar-refractivity contribution in [2.24, 2.45) is 5.92 Å². The monoisotopic (exact) mass is 355 g/mol. The summed E-state index contributed by atoms with van der Waals surface area (Å²) in [7, 11) is 0. The Balaban J connectivity index is 1.93. The number of thiophene rings is 2. The summed E-state index contributed by atoms with van der Waals surface area (Å²) >= 11 is 9.49. The topological polar surface area (TPSA) is 40.5 Å². The first-order valence-electron chi connectivity index (χ1n) is 7.33. The molecule has 118 valence electrons. The van der Waals surface area contributed by atoms with Gasteiger partial charge in [0.15, 0.2) is 0 Å². The number of aliphatic carboxylic acids is 1. The predicted molar refractivity (Wildman–Crippen MR) is 92.2 cm³/mol. The molecule has 2 aromatic heterocycles. The fourth-order valence-electron chi connectivity index (χ4n) is 3.02. The highest BCUT2D eigenvalue weighted by molar-refractivity contribution is 7.16. The van der Waals surface area contributed by atoms with Crippen LogP contribution in [0.3, 0.4) is 0 Å². The van der Waals surface area contributed by atoms with Gasteiger partial charge in [-0.25, -0.2) is 0 Å². The van der Waals surface area contributed by atoms with Crippen molar-refractivity contribution < 1.29 is 9.90 Å². The van der Waals surface area contributed by atoms with Crippen LogP contribution in [0.4, 0.5) is 0 Å². The summed E-state index contributed by atoms with van der Waals surface area (Å²) in [5.41, 5.74) is 0. The van der Waals surface area contributed by atoms with E-state index in [9.17, 15) is 9.90 Å². The van der Waals surface area contributed by atoms with Gasteiger partial charge in [-0.3, -0.25) is 9.69 Å². The second-order valence-electron chi connectivity index (χ2n) is 5.67. The van der Waals surface area contributed by atoms with Crippen LogP contribution in [0.1, 0.15) is 33.5 Å². The van der Waals surface area contributed by atoms with Gasteiger partial charge >= 0.3 is 5.97 Å². The van der Waals surface area contributed by atoms with Gasteiger partial charge in [-0.05, 0) is 50.6 Å². The summed E-state index contributed by atoms with van der Waals surface area (Å²) in [6.45, 7) is 3.64. The molecule has 2 atom stereocenters. The molecule has 3 heterocycles. The minimum atomic E-state index is -0.685. The van der Waals surface area contributed by atoms with Gasteiger partial charge in [-0.2, -0.15) is 0 Å². The highest BCUT2D eigenvalue weighted by Gasteiger charge is 2.32. The molecule has 22 heavy (non-hydrogen) atoms. The van der Waals surface area contributed by atoms with Gasteiger partial charge in [-0.1, -0.05) is 11.6 Å². The van der Waals surface area contributed by atoms with E-state index in [-0.39, 0.29) is 12.0 Å². The Bertz CT molecular complexity index is 626. The molecule has 1 fully saturated rings. The van der Waals surface area contributed by atoms with E-state index >= 15 is 0 Å². The summed E-state index contributed by atoms with van der Waals surface area (Å²) in [5, 5.41) is 9.34. The Morgan fingerprint density at radius 2 is 2.05 bits per heavy atom. The average Bonchev–Trinajstić information content (AvgIpc) is 3.09. The molecule has 2 aromatic rings. The van der Waals surface area contributed by atoms with Gasteiger partial charge in [0, 0.05) is 21.2 Å². The van der Waals surface area contributed by atoms with E-state index < -0.39 is 5.97 Å². The van der Waals surface area contributed by atoms with Crippen molar-refractivity contribution >= 4 is 40.2 Å². The summed E-state index contributed by atoms with van der Waals surface area (Å²) in [4.78, 5) is 17.4. The zero-order valence-electron chi connectivity index (χ0n) is 12.3. The molecule has 3 nitrogen and oxygen atoms in total. The van der Waals surface area contributed by atoms with Crippen LogP contribution in [0, 0.1) is 12.8 Å². The second-order valence-corrected chi connectivity index (χ2v) is 8.73. The molecular formula is C16H18ClNO2S2. The zero-order valence-corrected chi connectivity index (χ0v) is 14.7. The minimum absolute atomic E-state index is 0.123. The maximum Gasteiger partial charge on any atom is 0.307 e. The fraction of sp³-hybridized carbons (Fsp3) is 0.438. The van der Waals surface area contributed by atoms with E-state index in [2.05, 4.69) is 30.0 Å². The lowest BCUT2D eigenvalue weighted by Crippen LogP contribution is -2.40. The first-order valence-corrected chi connectivity index (χ1v) is 9.34. The minimum Gasteiger partial charge on any atom is -0.481 e. The molecule has 0 aliphatic carbocycles. The van der Waals surface area contributed by atoms with E-state index in [4.69, 9.17) is 11.6 Å². The standard InChI is InChI=1S/C16H18ClNO2S2/c1-10-4-5-12(21-10)15(13-6-7-14(17)22-13)18-8-2-3-11(9-18)16(19)20/h4-7,11,15H,2-3,8-9H2,1H3,(H,19,20). The number of hydrogen-bond donors (Lipinski definition) is 1. The largest absolute Gasteiger partial charge is 0.481 e. The molecule has 2 unspecified atom stereocenters. The summed E-state index contributed by atoms with van der Waals surface area (Å²) in [6.07, 6.45) is 1.70. The highest BCUT2D eigenvalue weighted by Crippen LogP contribution is 2.39. The molecular weight excluding hydrogens is 338 g/mol. The third kappa shape index (κ3) is 3.38. The van der Waals surface area contributed by atoms with Crippen molar-refractivity contribution in [2.75, 3.05) is 13.1 Å². The van der Waals surface area contributed by atoms with Gasteiger partial charge in [0.1, 0.15) is 0 Å². The van der Waals surface area contributed by atoms with Crippen molar-refractivity contribution in [3.63, 3.8) is 0 Å². The van der Waals surface area contributed by atoms with Crippen molar-refractivity contribution in [2.45, 2.75) is 25.8 Å². The molecule has 1 N–H and O–H groups in total. The molecule has 6 heteroatoms. The van der Waals surface area contributed by atoms with Crippen LogP contribution in [-0.2, 0) is 4.79 Å². The molecule has 1 saturated heterocycles. The highest BCUT2D eigenvalue weighted by atomic mass is 35.5. The first kappa shape index (κ1) is 16.0. The van der Waals surface area contributed by atoms with Crippen LogP contribution in [0.15, 0.2) is 24.3 Å². The number of carbonyl (C=O) groups is 1. The van der Waals surface area contributed by atoms with Gasteiger partial charge in [-0.15, -0.1) is 22.7 Å². The van der Waals surface area contributed by atoms with Gasteiger partial charge in [0.25, 0.3) is 0 Å². The Hall–Kier alpha value is -0.880. The second kappa shape index (κ2) is 6.71. The van der Waals surface area contributed by atoms with Crippen molar-refractivity contribution in [1.29, 1.82) is 0 Å². The number of carboxylic acid groups (broad SMARTS) is 1. The van der Waals surface area contributed by atoms with Crippen molar-refractivity contribution in [3.8, 4) is 0 Å². The number of likely N-dealkylation sites (tertiary alicyclic amines) is 1. The first-order chi connectivity index (χ1) is 10.5. The van der Waals surface area contributed by atoms with Crippen LogP contribution < -0.4 is 0 Å². The number of aryl methyl sites for hydroxylation is 1. The average molecular weight is 356 g/mol. The Morgan fingerprint density at radius 1 is 1.32 bits per heavy atom. The van der Waals surface area contributed by atoms with Crippen LogP contribution in [0.2, 0.25) is 4.34 Å². The number of halogens is 1. The molecule has 0 radical (unpaired) electrons. The quantitative estimate of drug-likeness (QED) is 0.867. The van der Waals surface area contributed by atoms with E-state index in [1.807, 2.05) is 6.07 Å². The van der Waals surface area contributed by atoms with Crippen LogP contribution in [0.5, 0.6) is 0 Å². The summed E-state index contributed by atoms with van der Waals surface area (Å²) in [6, 6.07) is 8.40. The summed E-state index contributed by atoms with van der Waals surface area (Å²) in [5.74, 6) is -0.956. The van der Waals surface area contributed by atoms with Crippen molar-refractivity contribution in [3.05, 3.63) is 43.2 Å². The maximum absolute atomic E-state index is 11.4. The predicted octanol–water partition coefficient (Wildman–Crippen LogP) is 4.66. The molecule has 0 saturated carbocycles. The Morgan fingerprint density at radius 3 is 2.64 bits per heavy atom. The van der Waals surface area contributed by atoms with Crippen LogP contribution in [0.25, 0.3) is 0 Å². The zero-order chi connectivity index (χ0) is 15.7. The molecule has 0 aromatic carbocycles. The molecule has 1 aliphatic rings. The molecule has 1 aliphatic heterocycles.